The van der Waals surface area contributed by atoms with Crippen LogP contribution in [0.25, 0.3) is 0 Å². The summed E-state index contributed by atoms with van der Waals surface area (Å²) in [7, 11) is 2.05. The van der Waals surface area contributed by atoms with E-state index in [2.05, 4.69) is 41.7 Å². The zero-order chi connectivity index (χ0) is 14.7. The second kappa shape index (κ2) is 6.21. The van der Waals surface area contributed by atoms with E-state index >= 15 is 0 Å². The number of aryl methyl sites for hydroxylation is 1. The molecule has 2 aromatic rings. The predicted molar refractivity (Wildman–Crippen MR) is 90.1 cm³/mol. The highest BCUT2D eigenvalue weighted by Gasteiger charge is 2.36. The molecule has 0 aromatic heterocycles. The smallest absolute Gasteiger partial charge is 0.0438 e. The van der Waals surface area contributed by atoms with E-state index in [4.69, 9.17) is 11.6 Å². The molecule has 3 rings (SSSR count). The summed E-state index contributed by atoms with van der Waals surface area (Å²) in [6.45, 7) is 0.995. The van der Waals surface area contributed by atoms with Crippen molar-refractivity contribution in [2.75, 3.05) is 13.6 Å². The number of hydrogen-bond acceptors (Lipinski definition) is 1. The van der Waals surface area contributed by atoms with Gasteiger partial charge in [-0.15, -0.1) is 0 Å². The van der Waals surface area contributed by atoms with Crippen molar-refractivity contribution in [2.45, 2.75) is 31.1 Å². The average molecular weight is 300 g/mol. The number of likely N-dealkylation sites (N-methyl/N-ethyl adjacent to an activating group) is 1. The average Bonchev–Trinajstić information content (AvgIpc) is 2.50. The third kappa shape index (κ3) is 2.86. The predicted octanol–water partition coefficient (Wildman–Crippen LogP) is 4.38. The summed E-state index contributed by atoms with van der Waals surface area (Å²) in [5.41, 5.74) is 4.43. The van der Waals surface area contributed by atoms with Gasteiger partial charge in [-0.1, -0.05) is 54.1 Å². The van der Waals surface area contributed by atoms with Gasteiger partial charge in [-0.05, 0) is 55.5 Å². The van der Waals surface area contributed by atoms with Crippen molar-refractivity contribution in [3.8, 4) is 0 Å². The van der Waals surface area contributed by atoms with E-state index in [1.807, 2.05) is 19.2 Å². The summed E-state index contributed by atoms with van der Waals surface area (Å²) < 4.78 is 0. The van der Waals surface area contributed by atoms with E-state index in [1.54, 1.807) is 0 Å². The SMILES string of the molecule is CNCC1(Cc2ccccc2Cl)CCCc2ccccc21. The molecule has 1 atom stereocenters. The van der Waals surface area contributed by atoms with Gasteiger partial charge < -0.3 is 5.32 Å². The van der Waals surface area contributed by atoms with E-state index in [-0.39, 0.29) is 5.41 Å². The normalized spacial score (nSPS) is 21.0. The first-order valence-electron chi connectivity index (χ1n) is 7.72. The number of halogens is 1. The summed E-state index contributed by atoms with van der Waals surface area (Å²) in [5, 5.41) is 4.30. The van der Waals surface area contributed by atoms with Gasteiger partial charge in [0.15, 0.2) is 0 Å². The van der Waals surface area contributed by atoms with E-state index in [1.165, 1.54) is 36.0 Å². The van der Waals surface area contributed by atoms with E-state index < -0.39 is 0 Å². The zero-order valence-corrected chi connectivity index (χ0v) is 13.3. The molecule has 1 aliphatic carbocycles. The van der Waals surface area contributed by atoms with Gasteiger partial charge in [-0.3, -0.25) is 0 Å². The van der Waals surface area contributed by atoms with Crippen LogP contribution >= 0.6 is 11.6 Å². The van der Waals surface area contributed by atoms with Crippen molar-refractivity contribution in [1.29, 1.82) is 0 Å². The summed E-state index contributed by atoms with van der Waals surface area (Å²) in [6, 6.07) is 17.2. The number of rotatable bonds is 4. The molecule has 0 spiro atoms. The van der Waals surface area contributed by atoms with Crippen LogP contribution in [0.3, 0.4) is 0 Å². The Morgan fingerprint density at radius 1 is 1.10 bits per heavy atom. The Kier molecular flexibility index (Phi) is 4.32. The molecule has 0 radical (unpaired) electrons. The van der Waals surface area contributed by atoms with E-state index in [9.17, 15) is 0 Å². The van der Waals surface area contributed by atoms with E-state index in [0.717, 1.165) is 18.0 Å². The Morgan fingerprint density at radius 3 is 2.67 bits per heavy atom. The Balaban J connectivity index is 2.03. The molecule has 0 saturated heterocycles. The molecule has 0 fully saturated rings. The molecule has 0 aliphatic heterocycles. The molecule has 2 aromatic carbocycles. The summed E-state index contributed by atoms with van der Waals surface area (Å²) in [5.74, 6) is 0. The Bertz CT molecular complexity index is 622. The lowest BCUT2D eigenvalue weighted by Crippen LogP contribution is -2.41. The van der Waals surface area contributed by atoms with Crippen LogP contribution < -0.4 is 5.32 Å². The number of benzene rings is 2. The monoisotopic (exact) mass is 299 g/mol. The Morgan fingerprint density at radius 2 is 1.86 bits per heavy atom. The zero-order valence-electron chi connectivity index (χ0n) is 12.5. The maximum Gasteiger partial charge on any atom is 0.0438 e. The summed E-state index contributed by atoms with van der Waals surface area (Å²) in [4.78, 5) is 0. The minimum atomic E-state index is 0.161. The van der Waals surface area contributed by atoms with Crippen molar-refractivity contribution in [3.63, 3.8) is 0 Å². The van der Waals surface area contributed by atoms with Gasteiger partial charge in [0, 0.05) is 17.0 Å². The maximum absolute atomic E-state index is 6.41. The quantitative estimate of drug-likeness (QED) is 0.883. The number of fused-ring (bicyclic) bond motifs is 1. The first kappa shape index (κ1) is 14.6. The van der Waals surface area contributed by atoms with Gasteiger partial charge in [0.1, 0.15) is 0 Å². The van der Waals surface area contributed by atoms with E-state index in [0.29, 0.717) is 0 Å². The fourth-order valence-electron chi connectivity index (χ4n) is 3.78. The van der Waals surface area contributed by atoms with Crippen LogP contribution in [0.1, 0.15) is 29.5 Å². The topological polar surface area (TPSA) is 12.0 Å². The molecule has 21 heavy (non-hydrogen) atoms. The summed E-state index contributed by atoms with van der Waals surface area (Å²) in [6.07, 6.45) is 4.67. The molecule has 0 heterocycles. The van der Waals surface area contributed by atoms with Crippen LogP contribution in [0.4, 0.5) is 0 Å². The van der Waals surface area contributed by atoms with Gasteiger partial charge in [0.2, 0.25) is 0 Å². The van der Waals surface area contributed by atoms with Gasteiger partial charge in [0.05, 0.1) is 0 Å². The highest BCUT2D eigenvalue weighted by molar-refractivity contribution is 6.31. The minimum absolute atomic E-state index is 0.161. The van der Waals surface area contributed by atoms with Gasteiger partial charge in [-0.2, -0.15) is 0 Å². The third-order valence-corrected chi connectivity index (χ3v) is 5.06. The lowest BCUT2D eigenvalue weighted by molar-refractivity contribution is 0.345. The highest BCUT2D eigenvalue weighted by atomic mass is 35.5. The van der Waals surface area contributed by atoms with Crippen LogP contribution in [0.2, 0.25) is 5.02 Å². The van der Waals surface area contributed by atoms with Gasteiger partial charge in [0.25, 0.3) is 0 Å². The van der Waals surface area contributed by atoms with Crippen LogP contribution in [-0.4, -0.2) is 13.6 Å². The fraction of sp³-hybridized carbons (Fsp3) is 0.368. The minimum Gasteiger partial charge on any atom is -0.319 e. The first-order valence-corrected chi connectivity index (χ1v) is 8.09. The van der Waals surface area contributed by atoms with Crippen LogP contribution in [0.15, 0.2) is 48.5 Å². The van der Waals surface area contributed by atoms with Crippen molar-refractivity contribution >= 4 is 11.6 Å². The molecule has 2 heteroatoms. The lowest BCUT2D eigenvalue weighted by atomic mass is 9.66. The molecule has 1 unspecified atom stereocenters. The molecular formula is C19H22ClN. The number of hydrogen-bond donors (Lipinski definition) is 1. The van der Waals surface area contributed by atoms with Crippen molar-refractivity contribution < 1.29 is 0 Å². The molecule has 1 N–H and O–H groups in total. The number of nitrogens with one attached hydrogen (secondary N) is 1. The van der Waals surface area contributed by atoms with Crippen molar-refractivity contribution in [3.05, 3.63) is 70.2 Å². The molecule has 1 nitrogen and oxygen atoms in total. The van der Waals surface area contributed by atoms with Gasteiger partial charge in [-0.25, -0.2) is 0 Å². The van der Waals surface area contributed by atoms with Crippen LogP contribution in [0.5, 0.6) is 0 Å². The third-order valence-electron chi connectivity index (χ3n) is 4.69. The molecule has 0 bridgehead atoms. The molecule has 1 aliphatic rings. The first-order chi connectivity index (χ1) is 10.2. The fourth-order valence-corrected chi connectivity index (χ4v) is 3.98. The molecule has 0 amide bonds. The summed E-state index contributed by atoms with van der Waals surface area (Å²) >= 11 is 6.41. The van der Waals surface area contributed by atoms with Crippen LogP contribution in [0, 0.1) is 0 Å². The Labute approximate surface area is 132 Å². The second-order valence-corrected chi connectivity index (χ2v) is 6.50. The largest absolute Gasteiger partial charge is 0.319 e. The van der Waals surface area contributed by atoms with Crippen LogP contribution in [-0.2, 0) is 18.3 Å². The molecule has 110 valence electrons. The standard InChI is InChI=1S/C19H22ClN/c1-21-14-19(13-16-8-3-5-11-18(16)20)12-6-9-15-7-2-4-10-17(15)19/h2-5,7-8,10-11,21H,6,9,12-14H2,1H3. The second-order valence-electron chi connectivity index (χ2n) is 6.09. The van der Waals surface area contributed by atoms with Crippen molar-refractivity contribution in [2.24, 2.45) is 0 Å². The van der Waals surface area contributed by atoms with Gasteiger partial charge >= 0.3 is 0 Å². The Hall–Kier alpha value is -1.31. The van der Waals surface area contributed by atoms with Crippen molar-refractivity contribution in [1.82, 2.24) is 5.32 Å². The lowest BCUT2D eigenvalue weighted by Gasteiger charge is -2.40. The highest BCUT2D eigenvalue weighted by Crippen LogP contribution is 2.40. The molecule has 0 saturated carbocycles. The maximum atomic E-state index is 6.41. The molecular weight excluding hydrogens is 278 g/mol.